The van der Waals surface area contributed by atoms with Crippen molar-refractivity contribution in [2.24, 2.45) is 0 Å². The van der Waals surface area contributed by atoms with Crippen molar-refractivity contribution in [3.05, 3.63) is 0 Å². The van der Waals surface area contributed by atoms with Gasteiger partial charge in [0.15, 0.2) is 0 Å². The fourth-order valence-electron chi connectivity index (χ4n) is 0.0430. The summed E-state index contributed by atoms with van der Waals surface area (Å²) in [5, 5.41) is 0. The second kappa shape index (κ2) is 4.33. The summed E-state index contributed by atoms with van der Waals surface area (Å²) in [7, 11) is 1.41. The van der Waals surface area contributed by atoms with Gasteiger partial charge in [-0.25, -0.2) is 0 Å². The average molecular weight is 90.9 g/mol. The Morgan fingerprint density at radius 2 is 2.40 bits per heavy atom. The van der Waals surface area contributed by atoms with Crippen molar-refractivity contribution in [3.63, 3.8) is 0 Å². The van der Waals surface area contributed by atoms with Crippen molar-refractivity contribution >= 4 is 19.2 Å². The minimum atomic E-state index is 1.15. The molecule has 0 bridgehead atoms. The van der Waals surface area contributed by atoms with Crippen LogP contribution in [-0.4, -0.2) is 13.9 Å². The highest BCUT2D eigenvalue weighted by atomic mass is 32.1. The molecule has 0 N–H and O–H groups in total. The fourth-order valence-corrected chi connectivity index (χ4v) is 0.129. The molecular weight excluding hydrogens is 86.9 g/mol. The highest BCUT2D eigenvalue weighted by Gasteiger charge is 1.72. The number of hydrogen-bond acceptors (Lipinski definition) is 3. The van der Waals surface area contributed by atoms with Crippen LogP contribution in [0.4, 0.5) is 0 Å². The standard InChI is InChI=1S/CH4BO2S/c1-3-4-2-5/h5H,1H3. The van der Waals surface area contributed by atoms with Gasteiger partial charge in [0.05, 0.1) is 7.11 Å². The smallest absolute Gasteiger partial charge is 0.295 e. The third-order valence-electron chi connectivity index (χ3n) is 0.139. The van der Waals surface area contributed by atoms with Crippen molar-refractivity contribution in [2.45, 2.75) is 0 Å². The lowest BCUT2D eigenvalue weighted by atomic mass is 10.6. The van der Waals surface area contributed by atoms with Gasteiger partial charge < -0.3 is 0 Å². The van der Waals surface area contributed by atoms with E-state index >= 15 is 0 Å². The number of hydrogen-bond donors (Lipinski definition) is 1. The van der Waals surface area contributed by atoms with Crippen LogP contribution in [-0.2, 0) is 9.69 Å². The zero-order chi connectivity index (χ0) is 4.12. The van der Waals surface area contributed by atoms with Crippen molar-refractivity contribution in [1.82, 2.24) is 0 Å². The Hall–Kier alpha value is 0.335. The number of rotatable bonds is 2. The van der Waals surface area contributed by atoms with Crippen LogP contribution in [0.3, 0.4) is 0 Å². The molecule has 0 aromatic carbocycles. The van der Waals surface area contributed by atoms with Gasteiger partial charge in [-0.1, -0.05) is 0 Å². The van der Waals surface area contributed by atoms with E-state index in [0.717, 1.165) is 6.76 Å². The van der Waals surface area contributed by atoms with Crippen molar-refractivity contribution in [3.8, 4) is 0 Å². The van der Waals surface area contributed by atoms with E-state index in [1.807, 2.05) is 0 Å². The molecule has 0 spiro atoms. The average Bonchev–Trinajstić information content (AvgIpc) is 1.41. The minimum Gasteiger partial charge on any atom is -0.295 e. The Labute approximate surface area is 37.0 Å². The zero-order valence-corrected chi connectivity index (χ0v) is 3.74. The maximum Gasteiger partial charge on any atom is 0.416 e. The molecule has 0 atom stereocenters. The van der Waals surface area contributed by atoms with E-state index in [-0.39, 0.29) is 0 Å². The van der Waals surface area contributed by atoms with E-state index in [9.17, 15) is 0 Å². The van der Waals surface area contributed by atoms with Gasteiger partial charge in [-0.2, -0.15) is 12.5 Å². The van der Waals surface area contributed by atoms with Crippen LogP contribution < -0.4 is 0 Å². The van der Waals surface area contributed by atoms with Crippen molar-refractivity contribution < 1.29 is 9.69 Å². The highest BCUT2D eigenvalue weighted by Crippen LogP contribution is 1.68. The Bertz CT molecular complexity index is 17.1. The third kappa shape index (κ3) is 4.33. The van der Waals surface area contributed by atoms with Crippen LogP contribution in [0.2, 0.25) is 0 Å². The number of thiol groups is 1. The van der Waals surface area contributed by atoms with Gasteiger partial charge in [-0.05, 0) is 0 Å². The summed E-state index contributed by atoms with van der Waals surface area (Å²) in [6.07, 6.45) is 0. The Balaban J connectivity index is 2.19. The molecule has 0 aromatic rings. The first-order valence-electron chi connectivity index (χ1n) is 1.07. The molecule has 0 aliphatic carbocycles. The lowest BCUT2D eigenvalue weighted by Crippen LogP contribution is -1.85. The van der Waals surface area contributed by atoms with Gasteiger partial charge in [-0.3, -0.25) is 9.69 Å². The molecule has 0 aliphatic rings. The molecule has 29 valence electrons. The van der Waals surface area contributed by atoms with Crippen molar-refractivity contribution in [2.75, 3.05) is 7.11 Å². The maximum atomic E-state index is 4.07. The predicted octanol–water partition coefficient (Wildman–Crippen LogP) is 0.0284. The van der Waals surface area contributed by atoms with E-state index in [0.29, 0.717) is 0 Å². The first-order chi connectivity index (χ1) is 2.41. The van der Waals surface area contributed by atoms with Gasteiger partial charge >= 0.3 is 6.76 Å². The zero-order valence-electron chi connectivity index (χ0n) is 2.84. The van der Waals surface area contributed by atoms with Crippen LogP contribution in [0.15, 0.2) is 0 Å². The largest absolute Gasteiger partial charge is 0.416 e. The Kier molecular flexibility index (Phi) is 4.63. The Morgan fingerprint density at radius 3 is 2.40 bits per heavy atom. The lowest BCUT2D eigenvalue weighted by molar-refractivity contribution is -0.175. The molecular formula is CH4BO2S. The van der Waals surface area contributed by atoms with Crippen molar-refractivity contribution in [1.29, 1.82) is 0 Å². The second-order valence-corrected chi connectivity index (χ2v) is 0.579. The molecule has 1 radical (unpaired) electrons. The molecule has 0 fully saturated rings. The highest BCUT2D eigenvalue weighted by molar-refractivity contribution is 8.06. The van der Waals surface area contributed by atoms with Crippen LogP contribution in [0.5, 0.6) is 0 Å². The summed E-state index contributed by atoms with van der Waals surface area (Å²) < 4.78 is 0. The SMILES string of the molecule is COO[B]S. The molecule has 5 heavy (non-hydrogen) atoms. The molecule has 0 unspecified atom stereocenters. The first-order valence-corrected chi connectivity index (χ1v) is 1.59. The topological polar surface area (TPSA) is 18.5 Å². The van der Waals surface area contributed by atoms with E-state index in [1.54, 1.807) is 0 Å². The van der Waals surface area contributed by atoms with Gasteiger partial charge in [0.2, 0.25) is 0 Å². The first kappa shape index (κ1) is 5.33. The van der Waals surface area contributed by atoms with Crippen LogP contribution in [0.25, 0.3) is 0 Å². The summed E-state index contributed by atoms with van der Waals surface area (Å²) in [5.41, 5.74) is 0. The van der Waals surface area contributed by atoms with Gasteiger partial charge in [0, 0.05) is 0 Å². The van der Waals surface area contributed by atoms with Gasteiger partial charge in [0.25, 0.3) is 0 Å². The second-order valence-electron chi connectivity index (χ2n) is 0.368. The monoisotopic (exact) mass is 91.0 g/mol. The normalized spacial score (nSPS) is 7.60. The van der Waals surface area contributed by atoms with Crippen LogP contribution in [0.1, 0.15) is 0 Å². The molecule has 0 saturated heterocycles. The summed E-state index contributed by atoms with van der Waals surface area (Å²) in [6, 6.07) is 0. The van der Waals surface area contributed by atoms with E-state index in [2.05, 4.69) is 22.2 Å². The fraction of sp³-hybridized carbons (Fsp3) is 1.00. The summed E-state index contributed by atoms with van der Waals surface area (Å²) in [5.74, 6) is 0. The maximum absolute atomic E-state index is 4.07. The molecule has 0 heterocycles. The van der Waals surface area contributed by atoms with Gasteiger partial charge in [0.1, 0.15) is 0 Å². The van der Waals surface area contributed by atoms with Crippen LogP contribution >= 0.6 is 12.5 Å². The van der Waals surface area contributed by atoms with Crippen LogP contribution in [0, 0.1) is 0 Å². The quantitative estimate of drug-likeness (QED) is 0.223. The molecule has 0 aromatic heterocycles. The molecule has 0 rings (SSSR count). The molecule has 0 saturated carbocycles. The summed E-state index contributed by atoms with van der Waals surface area (Å²) in [6.45, 7) is 1.15. The summed E-state index contributed by atoms with van der Waals surface area (Å²) >= 11 is 3.53. The molecule has 0 amide bonds. The van der Waals surface area contributed by atoms with E-state index in [4.69, 9.17) is 0 Å². The molecule has 4 heteroatoms. The van der Waals surface area contributed by atoms with E-state index < -0.39 is 0 Å². The Morgan fingerprint density at radius 1 is 1.80 bits per heavy atom. The summed E-state index contributed by atoms with van der Waals surface area (Å²) in [4.78, 5) is 8.13. The molecule has 0 aliphatic heterocycles. The lowest BCUT2D eigenvalue weighted by Gasteiger charge is -1.84. The minimum absolute atomic E-state index is 1.15. The van der Waals surface area contributed by atoms with E-state index in [1.165, 1.54) is 7.11 Å². The molecule has 2 nitrogen and oxygen atoms in total. The van der Waals surface area contributed by atoms with Gasteiger partial charge in [-0.15, -0.1) is 0 Å². The third-order valence-corrected chi connectivity index (χ3v) is 0.225. The predicted molar refractivity (Wildman–Crippen MR) is 22.8 cm³/mol.